The molecule has 3 nitrogen and oxygen atoms in total. The van der Waals surface area contributed by atoms with Gasteiger partial charge in [0, 0.05) is 5.69 Å². The maximum Gasteiger partial charge on any atom is 0.319 e. The lowest BCUT2D eigenvalue weighted by Gasteiger charge is -2.10. The molecule has 0 saturated heterocycles. The molecule has 0 unspecified atom stereocenters. The van der Waals surface area contributed by atoms with Crippen LogP contribution in [-0.4, -0.2) is 12.1 Å². The molecule has 0 aliphatic heterocycles. The predicted molar refractivity (Wildman–Crippen MR) is 60.6 cm³/mol. The lowest BCUT2D eigenvalue weighted by molar-refractivity contribution is 0.251. The number of hydrogen-bond donors (Lipinski definition) is 2. The van der Waals surface area contributed by atoms with E-state index in [4.69, 9.17) is 0 Å². The Morgan fingerprint density at radius 3 is 2.38 bits per heavy atom. The molecule has 1 aliphatic carbocycles. The summed E-state index contributed by atoms with van der Waals surface area (Å²) >= 11 is 0. The summed E-state index contributed by atoms with van der Waals surface area (Å²) in [6.07, 6.45) is 7.46. The van der Waals surface area contributed by atoms with Gasteiger partial charge >= 0.3 is 6.03 Å². The van der Waals surface area contributed by atoms with Gasteiger partial charge in [0.05, 0.1) is 6.04 Å². The minimum Gasteiger partial charge on any atom is -0.328 e. The van der Waals surface area contributed by atoms with Crippen molar-refractivity contribution in [2.45, 2.75) is 6.04 Å². The van der Waals surface area contributed by atoms with Gasteiger partial charge in [-0.2, -0.15) is 0 Å². The second kappa shape index (κ2) is 4.61. The molecule has 0 saturated carbocycles. The fraction of sp³-hybridized carbons (Fsp3) is 0.0833. The van der Waals surface area contributed by atoms with E-state index in [0.29, 0.717) is 5.69 Å². The lowest BCUT2D eigenvalue weighted by Crippen LogP contribution is -2.34. The fourth-order valence-corrected chi connectivity index (χ4v) is 1.38. The van der Waals surface area contributed by atoms with E-state index < -0.39 is 0 Å². The van der Waals surface area contributed by atoms with Gasteiger partial charge in [0.25, 0.3) is 0 Å². The molecule has 2 N–H and O–H groups in total. The number of anilines is 1. The SMILES string of the molecule is O=C(Nc1ccc(F)cc1)NC1C=CC=C1. The van der Waals surface area contributed by atoms with E-state index in [9.17, 15) is 9.18 Å². The van der Waals surface area contributed by atoms with Crippen molar-refractivity contribution in [2.24, 2.45) is 0 Å². The van der Waals surface area contributed by atoms with Gasteiger partial charge in [-0.15, -0.1) is 0 Å². The molecule has 0 aromatic heterocycles. The molecule has 0 atom stereocenters. The van der Waals surface area contributed by atoms with Crippen molar-refractivity contribution in [3.8, 4) is 0 Å². The van der Waals surface area contributed by atoms with Crippen LogP contribution in [0.15, 0.2) is 48.6 Å². The first-order valence-corrected chi connectivity index (χ1v) is 4.92. The van der Waals surface area contributed by atoms with E-state index in [1.54, 1.807) is 0 Å². The zero-order valence-corrected chi connectivity index (χ0v) is 8.48. The monoisotopic (exact) mass is 218 g/mol. The smallest absolute Gasteiger partial charge is 0.319 e. The topological polar surface area (TPSA) is 41.1 Å². The van der Waals surface area contributed by atoms with Crippen molar-refractivity contribution >= 4 is 11.7 Å². The van der Waals surface area contributed by atoms with Gasteiger partial charge in [0.1, 0.15) is 5.82 Å². The Kier molecular flexibility index (Phi) is 3.00. The summed E-state index contributed by atoms with van der Waals surface area (Å²) < 4.78 is 12.6. The Morgan fingerprint density at radius 2 is 1.75 bits per heavy atom. The third kappa shape index (κ3) is 2.70. The van der Waals surface area contributed by atoms with E-state index in [-0.39, 0.29) is 17.9 Å². The number of nitrogens with one attached hydrogen (secondary N) is 2. The first-order chi connectivity index (χ1) is 7.74. The number of amides is 2. The van der Waals surface area contributed by atoms with Crippen molar-refractivity contribution in [1.82, 2.24) is 5.32 Å². The molecular weight excluding hydrogens is 207 g/mol. The standard InChI is InChI=1S/C12H11FN2O/c13-9-5-7-11(8-6-9)15-12(16)14-10-3-1-2-4-10/h1-8,10H,(H2,14,15,16). The second-order valence-electron chi connectivity index (χ2n) is 3.40. The molecule has 0 bridgehead atoms. The number of carbonyl (C=O) groups excluding carboxylic acids is 1. The lowest BCUT2D eigenvalue weighted by atomic mass is 10.3. The summed E-state index contributed by atoms with van der Waals surface area (Å²) in [5, 5.41) is 5.34. The van der Waals surface area contributed by atoms with E-state index in [1.807, 2.05) is 24.3 Å². The molecule has 0 fully saturated rings. The van der Waals surface area contributed by atoms with Gasteiger partial charge in [-0.3, -0.25) is 0 Å². The van der Waals surface area contributed by atoms with E-state index in [2.05, 4.69) is 10.6 Å². The highest BCUT2D eigenvalue weighted by Crippen LogP contribution is 2.08. The van der Waals surface area contributed by atoms with Crippen LogP contribution in [0.3, 0.4) is 0 Å². The number of urea groups is 1. The number of carbonyl (C=O) groups is 1. The molecule has 82 valence electrons. The summed E-state index contributed by atoms with van der Waals surface area (Å²) in [7, 11) is 0. The first kappa shape index (κ1) is 10.4. The van der Waals surface area contributed by atoms with Crippen molar-refractivity contribution in [3.63, 3.8) is 0 Å². The third-order valence-electron chi connectivity index (χ3n) is 2.15. The zero-order valence-electron chi connectivity index (χ0n) is 8.48. The Labute approximate surface area is 92.7 Å². The molecule has 2 rings (SSSR count). The fourth-order valence-electron chi connectivity index (χ4n) is 1.38. The molecule has 4 heteroatoms. The van der Waals surface area contributed by atoms with Gasteiger partial charge in [-0.25, -0.2) is 9.18 Å². The summed E-state index contributed by atoms with van der Waals surface area (Å²) in [6.45, 7) is 0. The molecule has 1 aliphatic rings. The van der Waals surface area contributed by atoms with Gasteiger partial charge in [-0.1, -0.05) is 24.3 Å². The van der Waals surface area contributed by atoms with Crippen LogP contribution >= 0.6 is 0 Å². The molecule has 0 heterocycles. The van der Waals surface area contributed by atoms with E-state index >= 15 is 0 Å². The minimum atomic E-state index is -0.326. The summed E-state index contributed by atoms with van der Waals surface area (Å²) in [5.74, 6) is -0.326. The van der Waals surface area contributed by atoms with Crippen LogP contribution in [0.2, 0.25) is 0 Å². The summed E-state index contributed by atoms with van der Waals surface area (Å²) in [4.78, 5) is 11.5. The third-order valence-corrected chi connectivity index (χ3v) is 2.15. The van der Waals surface area contributed by atoms with Crippen molar-refractivity contribution in [2.75, 3.05) is 5.32 Å². The average Bonchev–Trinajstić information content (AvgIpc) is 2.74. The van der Waals surface area contributed by atoms with Crippen LogP contribution in [0.5, 0.6) is 0 Å². The molecule has 2 amide bonds. The largest absolute Gasteiger partial charge is 0.328 e. The Bertz CT molecular complexity index is 425. The molecule has 0 spiro atoms. The first-order valence-electron chi connectivity index (χ1n) is 4.92. The average molecular weight is 218 g/mol. The molecule has 0 radical (unpaired) electrons. The molecule has 16 heavy (non-hydrogen) atoms. The second-order valence-corrected chi connectivity index (χ2v) is 3.40. The number of benzene rings is 1. The molecule has 1 aromatic carbocycles. The molecule has 1 aromatic rings. The Morgan fingerprint density at radius 1 is 1.12 bits per heavy atom. The highest BCUT2D eigenvalue weighted by molar-refractivity contribution is 5.89. The van der Waals surface area contributed by atoms with Gasteiger partial charge < -0.3 is 10.6 Å². The van der Waals surface area contributed by atoms with Gasteiger partial charge in [0.2, 0.25) is 0 Å². The number of allylic oxidation sites excluding steroid dienone is 2. The van der Waals surface area contributed by atoms with Gasteiger partial charge in [-0.05, 0) is 24.3 Å². The van der Waals surface area contributed by atoms with Crippen LogP contribution in [0, 0.1) is 5.82 Å². The molecular formula is C12H11FN2O. The van der Waals surface area contributed by atoms with Crippen LogP contribution in [0.1, 0.15) is 0 Å². The van der Waals surface area contributed by atoms with Crippen LogP contribution in [0.4, 0.5) is 14.9 Å². The van der Waals surface area contributed by atoms with Crippen molar-refractivity contribution < 1.29 is 9.18 Å². The van der Waals surface area contributed by atoms with Crippen molar-refractivity contribution in [3.05, 3.63) is 54.4 Å². The zero-order chi connectivity index (χ0) is 11.4. The van der Waals surface area contributed by atoms with Crippen LogP contribution in [0.25, 0.3) is 0 Å². The number of rotatable bonds is 2. The van der Waals surface area contributed by atoms with Crippen molar-refractivity contribution in [1.29, 1.82) is 0 Å². The van der Waals surface area contributed by atoms with Crippen LogP contribution in [-0.2, 0) is 0 Å². The summed E-state index contributed by atoms with van der Waals surface area (Å²) in [6, 6.07) is 5.23. The highest BCUT2D eigenvalue weighted by Gasteiger charge is 2.07. The van der Waals surface area contributed by atoms with Crippen LogP contribution < -0.4 is 10.6 Å². The summed E-state index contributed by atoms with van der Waals surface area (Å²) in [5.41, 5.74) is 0.560. The number of halogens is 1. The minimum absolute atomic E-state index is 0.0690. The van der Waals surface area contributed by atoms with E-state index in [1.165, 1.54) is 24.3 Å². The Balaban J connectivity index is 1.89. The maximum atomic E-state index is 12.6. The quantitative estimate of drug-likeness (QED) is 0.786. The maximum absolute atomic E-state index is 12.6. The number of hydrogen-bond acceptors (Lipinski definition) is 1. The van der Waals surface area contributed by atoms with Gasteiger partial charge in [0.15, 0.2) is 0 Å². The predicted octanol–water partition coefficient (Wildman–Crippen LogP) is 2.44. The normalized spacial score (nSPS) is 14.1. The van der Waals surface area contributed by atoms with E-state index in [0.717, 1.165) is 0 Å². The Hall–Kier alpha value is -2.10. The highest BCUT2D eigenvalue weighted by atomic mass is 19.1.